The summed E-state index contributed by atoms with van der Waals surface area (Å²) in [5.41, 5.74) is -1.73. The predicted octanol–water partition coefficient (Wildman–Crippen LogP) is -16.5. The van der Waals surface area contributed by atoms with Gasteiger partial charge in [0.05, 0.1) is 57.9 Å². The number of carbonyl (C=O) groups excluding carboxylic acids is 1. The van der Waals surface area contributed by atoms with E-state index in [9.17, 15) is 122 Å². The van der Waals surface area contributed by atoms with Crippen molar-refractivity contribution in [3.8, 4) is 0 Å². The number of nitrogens with one attached hydrogen (secondary N) is 1. The van der Waals surface area contributed by atoms with E-state index in [1.807, 2.05) is 0 Å². The third-order valence-electron chi connectivity index (χ3n) is 16.8. The van der Waals surface area contributed by atoms with Gasteiger partial charge in [-0.3, -0.25) is 4.79 Å². The molecule has 21 aliphatic heterocycles. The van der Waals surface area contributed by atoms with Gasteiger partial charge in [0, 0.05) is 0 Å². The summed E-state index contributed by atoms with van der Waals surface area (Å²) in [6, 6.07) is -0.395. The fourth-order valence-electron chi connectivity index (χ4n) is 11.8. The number of carbonyl (C=O) groups is 1. The lowest BCUT2D eigenvalue weighted by Gasteiger charge is -2.50. The Morgan fingerprint density at radius 1 is 0.344 bits per heavy atom. The molecule has 516 valence electrons. The molecule has 90 heavy (non-hydrogen) atoms. The molecule has 0 unspecified atom stereocenters. The minimum Gasteiger partial charge on any atom is -0.556 e. The Bertz CT molecular complexity index is 2470. The summed E-state index contributed by atoms with van der Waals surface area (Å²) >= 11 is 0. The molecule has 0 aromatic heterocycles. The lowest BCUT2D eigenvalue weighted by atomic mass is 9.71. The number of halogens is 1. The van der Waals surface area contributed by atoms with Crippen molar-refractivity contribution in [1.82, 2.24) is 5.32 Å². The molecule has 14 bridgehead atoms. The van der Waals surface area contributed by atoms with Crippen molar-refractivity contribution in [3.63, 3.8) is 0 Å². The van der Waals surface area contributed by atoms with Gasteiger partial charge >= 0.3 is 6.75 Å². The Hall–Kier alpha value is -2.80. The number of ether oxygens (including phenoxy) is 14. The van der Waals surface area contributed by atoms with Crippen LogP contribution in [0, 0.1) is 5.82 Å². The highest BCUT2D eigenvalue weighted by atomic mass is 19.1. The average Bonchev–Trinajstić information content (AvgIpc) is 0.904. The quantitative estimate of drug-likeness (QED) is 0.0967. The van der Waals surface area contributed by atoms with Crippen LogP contribution in [0.15, 0.2) is 18.2 Å². The van der Waals surface area contributed by atoms with Gasteiger partial charge in [-0.25, -0.2) is 4.39 Å². The van der Waals surface area contributed by atoms with Crippen molar-refractivity contribution in [2.45, 2.75) is 215 Å². The van der Waals surface area contributed by atoms with Crippen LogP contribution in [-0.2, 0) is 66.3 Å². The molecule has 21 fully saturated rings. The third-order valence-corrected chi connectivity index (χ3v) is 16.8. The van der Waals surface area contributed by atoms with Crippen molar-refractivity contribution in [2.75, 3.05) is 46.2 Å². The standard InChI is InChI=1S/C49H76BFNO38/c51-13-3-11(50(74,75)76)1-2-12(13)42(73)52-21-22(60)43-77-14(4-53)35(21)84-44-29(67)23(61)37(16(6-55)78-44)86-46-31(69)25(63)39(18(8-57)80-46)88-48-33(71)27(65)41(20(10-59)82-48)90-49-34(72)28(66)40(19(9-58)83-49)89-47-32(70)26(64)38(17(7-56)81-47)87-45-30(68)24(62)36(85-43)15(5-54)79-45/h1-3,14-41,43-49,53-72,74-76H,4-10H2,(H,52,73)/q-1/t14-,15-,16-,17-,18-,19-,20-,21-,22-,23-,24-,25-,26-,27-,28-,29-,30-,31-,32-,33-,34-,35-,36-,37-,38-,39-,40-,41-,43-,44-,45-,46-,47-,48-,49-/m1/s1. The van der Waals surface area contributed by atoms with Crippen LogP contribution in [0.5, 0.6) is 0 Å². The number of amides is 1. The molecular formula is C49H76BFNO38-. The Kier molecular flexibility index (Phi) is 23.6. The Labute approximate surface area is 506 Å². The van der Waals surface area contributed by atoms with Gasteiger partial charge < -0.3 is 189 Å². The van der Waals surface area contributed by atoms with Crippen molar-refractivity contribution >= 4 is 18.1 Å². The second kappa shape index (κ2) is 29.7. The number of hydrogen-bond donors (Lipinski definition) is 24. The summed E-state index contributed by atoms with van der Waals surface area (Å²) in [4.78, 5) is 14.0. The highest BCUT2D eigenvalue weighted by molar-refractivity contribution is 6.71. The van der Waals surface area contributed by atoms with Crippen LogP contribution in [0.3, 0.4) is 0 Å². The van der Waals surface area contributed by atoms with E-state index in [0.717, 1.165) is 6.07 Å². The Morgan fingerprint density at radius 2 is 0.567 bits per heavy atom. The molecule has 21 aliphatic rings. The van der Waals surface area contributed by atoms with E-state index in [1.54, 1.807) is 0 Å². The molecule has 21 heterocycles. The molecular weight excluding hydrogens is 1240 g/mol. The van der Waals surface area contributed by atoms with Crippen LogP contribution >= 0.6 is 0 Å². The molecule has 1 aromatic rings. The highest BCUT2D eigenvalue weighted by Crippen LogP contribution is 2.39. The van der Waals surface area contributed by atoms with Gasteiger partial charge in [0.1, 0.15) is 171 Å². The summed E-state index contributed by atoms with van der Waals surface area (Å²) in [7, 11) is 0. The number of aliphatic hydroxyl groups is 20. The number of hydrogen-bond acceptors (Lipinski definition) is 38. The summed E-state index contributed by atoms with van der Waals surface area (Å²) < 4.78 is 96.1. The monoisotopic (exact) mass is 1320 g/mol. The van der Waals surface area contributed by atoms with E-state index in [-0.39, 0.29) is 0 Å². The minimum atomic E-state index is -4.31. The van der Waals surface area contributed by atoms with Gasteiger partial charge in [-0.15, -0.1) is 5.46 Å². The van der Waals surface area contributed by atoms with Crippen LogP contribution in [0.2, 0.25) is 0 Å². The van der Waals surface area contributed by atoms with Gasteiger partial charge in [-0.2, -0.15) is 0 Å². The van der Waals surface area contributed by atoms with Crippen molar-refractivity contribution in [2.24, 2.45) is 0 Å². The first-order valence-electron chi connectivity index (χ1n) is 28.3. The molecule has 1 aromatic carbocycles. The van der Waals surface area contributed by atoms with Gasteiger partial charge in [-0.1, -0.05) is 12.1 Å². The smallest absolute Gasteiger partial charge is 0.402 e. The molecule has 0 spiro atoms. The summed E-state index contributed by atoms with van der Waals surface area (Å²) in [6.07, 6.45) is -71.9. The van der Waals surface area contributed by atoms with E-state index in [0.29, 0.717) is 12.1 Å². The zero-order chi connectivity index (χ0) is 65.7. The Morgan fingerprint density at radius 3 is 0.789 bits per heavy atom. The van der Waals surface area contributed by atoms with Crippen LogP contribution in [0.25, 0.3) is 0 Å². The maximum absolute atomic E-state index is 15.6. The zero-order valence-electron chi connectivity index (χ0n) is 46.8. The lowest BCUT2D eigenvalue weighted by Crippen LogP contribution is -2.70. The van der Waals surface area contributed by atoms with Gasteiger partial charge in [0.25, 0.3) is 5.91 Å². The van der Waals surface area contributed by atoms with Crippen LogP contribution in [0.1, 0.15) is 10.4 Å². The van der Waals surface area contributed by atoms with Crippen molar-refractivity contribution in [3.05, 3.63) is 29.6 Å². The largest absolute Gasteiger partial charge is 0.556 e. The first-order chi connectivity index (χ1) is 42.6. The fraction of sp³-hybridized carbons (Fsp3) is 0.857. The van der Waals surface area contributed by atoms with Gasteiger partial charge in [0.2, 0.25) is 0 Å². The van der Waals surface area contributed by atoms with Crippen LogP contribution in [-0.4, -0.2) is 391 Å². The maximum Gasteiger partial charge on any atom is 0.402 e. The molecule has 39 nitrogen and oxygen atoms in total. The summed E-state index contributed by atoms with van der Waals surface area (Å²) in [5.74, 6) is -2.99. The number of aliphatic hydroxyl groups excluding tert-OH is 20. The lowest BCUT2D eigenvalue weighted by molar-refractivity contribution is -0.396. The van der Waals surface area contributed by atoms with E-state index >= 15 is 4.39 Å². The normalized spacial score (nSPS) is 49.2. The molecule has 1 amide bonds. The second-order valence-electron chi connectivity index (χ2n) is 22.6. The molecule has 22 rings (SSSR count). The maximum atomic E-state index is 15.6. The molecule has 0 aliphatic carbocycles. The second-order valence-corrected chi connectivity index (χ2v) is 22.6. The Balaban J connectivity index is 1.04. The first-order valence-corrected chi connectivity index (χ1v) is 28.3. The molecule has 0 saturated carbocycles. The van der Waals surface area contributed by atoms with Crippen molar-refractivity contribution < 1.29 is 193 Å². The molecule has 21 saturated heterocycles. The molecule has 0 radical (unpaired) electrons. The van der Waals surface area contributed by atoms with Crippen LogP contribution in [0.4, 0.5) is 4.39 Å². The number of benzene rings is 1. The highest BCUT2D eigenvalue weighted by Gasteiger charge is 2.60. The van der Waals surface area contributed by atoms with Crippen LogP contribution < -0.4 is 10.8 Å². The van der Waals surface area contributed by atoms with E-state index < -0.39 is 291 Å². The minimum absolute atomic E-state index is 0.359. The molecule has 35 atom stereocenters. The van der Waals surface area contributed by atoms with Gasteiger partial charge in [-0.05, 0) is 6.07 Å². The number of rotatable bonds is 10. The predicted molar refractivity (Wildman–Crippen MR) is 272 cm³/mol. The SMILES string of the molecule is O=C(N[C@@H]1[C@@H](O)[C@H]2O[C@H]3[C@H](O)[C@@H](O)[C@@H](O[C@H]4[C@H](O)[C@@H](O)[C@@H](O[C@H]5[C@H](O)[C@@H](O)[C@@H](O[C@H]6[C@H](O)[C@@H](O)[C@@H](O[C@H]7[C@H](O)[C@@H](O)[C@@H](O[C@H]8[C@H](O)[C@@H](O)[C@@H](O[C@@H]1[C@@H](CO)O2)O[C@@H]8CO)O[C@@H]7CO)O[C@@H]6CO)O[C@@H]5CO)O[C@@H]4CO)O[C@@H]3CO)c1ccc([B-](O)(O)O)cc1F. The van der Waals surface area contributed by atoms with E-state index in [4.69, 9.17) is 66.3 Å². The van der Waals surface area contributed by atoms with E-state index in [1.165, 1.54) is 0 Å². The van der Waals surface area contributed by atoms with E-state index in [2.05, 4.69) is 5.32 Å². The van der Waals surface area contributed by atoms with Crippen molar-refractivity contribution in [1.29, 1.82) is 0 Å². The zero-order valence-corrected chi connectivity index (χ0v) is 46.8. The topological polar surface area (TPSA) is 624 Å². The fourth-order valence-corrected chi connectivity index (χ4v) is 11.8. The average molecular weight is 1320 g/mol. The summed E-state index contributed by atoms with van der Waals surface area (Å²) in [5, 5.41) is 255. The first kappa shape index (κ1) is 71.5. The molecule has 41 heteroatoms. The third kappa shape index (κ3) is 14.2. The summed E-state index contributed by atoms with van der Waals surface area (Å²) in [6.45, 7) is -12.3. The molecule has 24 N–H and O–H groups in total. The van der Waals surface area contributed by atoms with Gasteiger partial charge in [0.15, 0.2) is 44.0 Å².